The van der Waals surface area contributed by atoms with Crippen LogP contribution in [0.3, 0.4) is 0 Å². The average Bonchev–Trinajstić information content (AvgIpc) is 3.18. The number of guanidine groups is 1. The number of hydrogen-bond acceptors (Lipinski definition) is 10. The van der Waals surface area contributed by atoms with Crippen LogP contribution in [-0.4, -0.2) is 65.9 Å². The Morgan fingerprint density at radius 3 is 3.00 bits per heavy atom. The molecule has 0 aromatic carbocycles. The molecule has 156 valence electrons. The molecular formula is C16H28N8O4. The number of carbonyl (C=O) groups excluding carboxylic acids is 2. The molecule has 0 aliphatic carbocycles. The first kappa shape index (κ1) is 21.4. The number of nitrogens with zero attached hydrogens (tertiary/aromatic N) is 3. The predicted octanol–water partition coefficient (Wildman–Crippen LogP) is -1.68. The van der Waals surface area contributed by atoms with Gasteiger partial charge in [-0.25, -0.2) is 15.0 Å². The van der Waals surface area contributed by atoms with Gasteiger partial charge in [-0.1, -0.05) is 26.2 Å². The Kier molecular flexibility index (Phi) is 8.49. The van der Waals surface area contributed by atoms with E-state index >= 15 is 0 Å². The van der Waals surface area contributed by atoms with Crippen LogP contribution in [-0.2, 0) is 9.59 Å². The minimum atomic E-state index is -0.567. The lowest BCUT2D eigenvalue weighted by Gasteiger charge is -2.25. The fourth-order valence-electron chi connectivity index (χ4n) is 2.79. The van der Waals surface area contributed by atoms with Crippen LogP contribution in [0.4, 0.5) is 0 Å². The van der Waals surface area contributed by atoms with Crippen LogP contribution in [0.5, 0.6) is 0 Å². The number of unbranched alkanes of at least 4 members (excludes halogenated alkanes) is 2. The van der Waals surface area contributed by atoms with E-state index in [1.807, 2.05) is 0 Å². The largest absolute Gasteiger partial charge is 0.395 e. The van der Waals surface area contributed by atoms with E-state index in [1.165, 1.54) is 6.34 Å². The maximum Gasteiger partial charge on any atom is 0.243 e. The van der Waals surface area contributed by atoms with E-state index in [0.29, 0.717) is 29.5 Å². The van der Waals surface area contributed by atoms with Gasteiger partial charge in [0.25, 0.3) is 0 Å². The summed E-state index contributed by atoms with van der Waals surface area (Å²) in [5, 5.41) is 27.9. The second kappa shape index (κ2) is 11.1. The lowest BCUT2D eigenvalue weighted by molar-refractivity contribution is -0.154. The van der Waals surface area contributed by atoms with Crippen LogP contribution < -0.4 is 26.8 Å². The van der Waals surface area contributed by atoms with Gasteiger partial charge in [0.2, 0.25) is 18.3 Å². The van der Waals surface area contributed by atoms with E-state index in [9.17, 15) is 14.8 Å². The third-order valence-electron chi connectivity index (χ3n) is 4.23. The van der Waals surface area contributed by atoms with Gasteiger partial charge in [0.05, 0.1) is 25.4 Å². The standard InChI is InChI=1S/C16H28N8O4/c1-2-3-4-5-11(8-24(28)10-26)15(27)22-23-16-20-13(17-6-7-25)12-14(21-16)19-9-18-12/h9-11,14,17,25,28H,2-8H2,1H3,(H,18,19)(H,22,27)(H2,20,21,23)/t11-,14?/m0/s1. The van der Waals surface area contributed by atoms with Gasteiger partial charge in [-0.3, -0.25) is 25.6 Å². The Bertz CT molecular complexity index is 636. The zero-order valence-corrected chi connectivity index (χ0v) is 15.8. The SMILES string of the molecule is CCCCC[C@@H](CN(O)C=O)C(=O)NNC1=NC2N=CNC2=C(NCCO)N1. The predicted molar refractivity (Wildman–Crippen MR) is 102 cm³/mol. The van der Waals surface area contributed by atoms with E-state index in [2.05, 4.69) is 43.7 Å². The van der Waals surface area contributed by atoms with Gasteiger partial charge in [-0.2, -0.15) is 0 Å². The highest BCUT2D eigenvalue weighted by molar-refractivity contribution is 5.87. The zero-order valence-electron chi connectivity index (χ0n) is 15.8. The van der Waals surface area contributed by atoms with E-state index in [4.69, 9.17) is 5.11 Å². The van der Waals surface area contributed by atoms with Crippen molar-refractivity contribution in [2.24, 2.45) is 15.9 Å². The van der Waals surface area contributed by atoms with Crippen molar-refractivity contribution in [3.8, 4) is 0 Å². The van der Waals surface area contributed by atoms with E-state index in [1.54, 1.807) is 0 Å². The number of rotatable bonds is 11. The van der Waals surface area contributed by atoms with Crippen molar-refractivity contribution in [1.82, 2.24) is 31.9 Å². The smallest absolute Gasteiger partial charge is 0.243 e. The Morgan fingerprint density at radius 2 is 2.29 bits per heavy atom. The molecule has 0 fully saturated rings. The summed E-state index contributed by atoms with van der Waals surface area (Å²) in [6, 6.07) is 0. The van der Waals surface area contributed by atoms with Gasteiger partial charge in [0.15, 0.2) is 6.17 Å². The monoisotopic (exact) mass is 396 g/mol. The van der Waals surface area contributed by atoms with E-state index in [-0.39, 0.29) is 31.4 Å². The molecule has 0 bridgehead atoms. The highest BCUT2D eigenvalue weighted by Crippen LogP contribution is 2.15. The minimum Gasteiger partial charge on any atom is -0.395 e. The maximum atomic E-state index is 12.5. The van der Waals surface area contributed by atoms with E-state index in [0.717, 1.165) is 19.3 Å². The van der Waals surface area contributed by atoms with Gasteiger partial charge in [0, 0.05) is 6.54 Å². The summed E-state index contributed by atoms with van der Waals surface area (Å²) in [5.41, 5.74) is 5.99. The van der Waals surface area contributed by atoms with Crippen molar-refractivity contribution in [3.63, 3.8) is 0 Å². The summed E-state index contributed by atoms with van der Waals surface area (Å²) in [4.78, 5) is 31.7. The number of hydrazine groups is 1. The van der Waals surface area contributed by atoms with Crippen molar-refractivity contribution in [1.29, 1.82) is 0 Å². The summed E-state index contributed by atoms with van der Waals surface area (Å²) < 4.78 is 0. The number of aliphatic hydroxyl groups excluding tert-OH is 1. The minimum absolute atomic E-state index is 0.0472. The van der Waals surface area contributed by atoms with Crippen LogP contribution in [0.2, 0.25) is 0 Å². The van der Waals surface area contributed by atoms with Crippen LogP contribution >= 0.6 is 0 Å². The Balaban J connectivity index is 1.93. The highest BCUT2D eigenvalue weighted by Gasteiger charge is 2.27. The third-order valence-corrected chi connectivity index (χ3v) is 4.23. The molecule has 2 aliphatic rings. The van der Waals surface area contributed by atoms with Crippen molar-refractivity contribution < 1.29 is 19.9 Å². The van der Waals surface area contributed by atoms with Gasteiger partial charge in [-0.05, 0) is 6.42 Å². The summed E-state index contributed by atoms with van der Waals surface area (Å²) in [7, 11) is 0. The molecule has 0 aromatic heterocycles. The lowest BCUT2D eigenvalue weighted by atomic mass is 10.0. The Hall–Kier alpha value is -2.86. The fraction of sp³-hybridized carbons (Fsp3) is 0.625. The lowest BCUT2D eigenvalue weighted by Crippen LogP contribution is -2.54. The molecule has 12 nitrogen and oxygen atoms in total. The number of fused-ring (bicyclic) bond motifs is 1. The molecule has 0 aromatic rings. The van der Waals surface area contributed by atoms with Gasteiger partial charge >= 0.3 is 0 Å². The molecule has 0 radical (unpaired) electrons. The van der Waals surface area contributed by atoms with Crippen molar-refractivity contribution in [2.45, 2.75) is 38.8 Å². The number of nitrogens with one attached hydrogen (secondary N) is 5. The number of amides is 2. The first-order valence-electron chi connectivity index (χ1n) is 9.27. The van der Waals surface area contributed by atoms with Crippen LogP contribution in [0.1, 0.15) is 32.6 Å². The molecule has 0 saturated heterocycles. The molecule has 1 unspecified atom stereocenters. The summed E-state index contributed by atoms with van der Waals surface area (Å²) in [5.74, 6) is -0.0749. The van der Waals surface area contributed by atoms with Crippen LogP contribution in [0.25, 0.3) is 0 Å². The molecule has 2 heterocycles. The molecule has 7 N–H and O–H groups in total. The Morgan fingerprint density at radius 1 is 1.46 bits per heavy atom. The van der Waals surface area contributed by atoms with E-state index < -0.39 is 12.1 Å². The quantitative estimate of drug-likeness (QED) is 0.0942. The first-order valence-corrected chi connectivity index (χ1v) is 9.27. The van der Waals surface area contributed by atoms with Gasteiger partial charge < -0.3 is 21.1 Å². The molecule has 28 heavy (non-hydrogen) atoms. The van der Waals surface area contributed by atoms with Crippen LogP contribution in [0.15, 0.2) is 21.5 Å². The highest BCUT2D eigenvalue weighted by atomic mass is 16.5. The topological polar surface area (TPSA) is 163 Å². The molecule has 12 heteroatoms. The second-order valence-corrected chi connectivity index (χ2v) is 6.37. The Labute approximate surface area is 163 Å². The number of carbonyl (C=O) groups is 2. The van der Waals surface area contributed by atoms with Crippen molar-refractivity contribution in [2.75, 3.05) is 19.7 Å². The molecule has 2 aliphatic heterocycles. The molecular weight excluding hydrogens is 368 g/mol. The van der Waals surface area contributed by atoms with Crippen molar-refractivity contribution in [3.05, 3.63) is 11.5 Å². The number of aliphatic imine (C=N–C) groups is 2. The van der Waals surface area contributed by atoms with Gasteiger partial charge in [0.1, 0.15) is 11.5 Å². The number of aliphatic hydroxyl groups is 1. The average molecular weight is 396 g/mol. The number of hydrogen-bond donors (Lipinski definition) is 7. The van der Waals surface area contributed by atoms with Crippen molar-refractivity contribution >= 4 is 24.6 Å². The number of hydroxylamine groups is 2. The fourth-order valence-corrected chi connectivity index (χ4v) is 2.79. The zero-order chi connectivity index (χ0) is 20.4. The van der Waals surface area contributed by atoms with Gasteiger partial charge in [-0.15, -0.1) is 0 Å². The maximum absolute atomic E-state index is 12.5. The molecule has 2 rings (SSSR count). The van der Waals surface area contributed by atoms with Crippen LogP contribution in [0, 0.1) is 5.92 Å². The molecule has 0 spiro atoms. The molecule has 0 saturated carbocycles. The summed E-state index contributed by atoms with van der Waals surface area (Å²) in [6.45, 7) is 2.24. The molecule has 2 amide bonds. The third kappa shape index (κ3) is 6.09. The second-order valence-electron chi connectivity index (χ2n) is 6.37. The summed E-state index contributed by atoms with van der Waals surface area (Å²) >= 11 is 0. The molecule has 2 atom stereocenters. The first-order chi connectivity index (χ1) is 13.6. The summed E-state index contributed by atoms with van der Waals surface area (Å²) in [6.07, 6.45) is 4.62. The normalized spacial score (nSPS) is 18.4.